The standard InChI is InChI=1S/C24H29N5O5/c1-4-5-12-28-21(25)20(22(31)27-24(28)33)29(13-15(2)3)19(30)14-34-23(32)18-11-10-16-8-6-7-9-17(16)26-18/h6-11,15H,4-5,12-14,25H2,1-3H3,(H,27,31,33). The first-order valence-corrected chi connectivity index (χ1v) is 11.2. The van der Waals surface area contributed by atoms with Crippen LogP contribution in [0, 0.1) is 5.92 Å². The Labute approximate surface area is 196 Å². The highest BCUT2D eigenvalue weighted by Crippen LogP contribution is 2.19. The Bertz CT molecular complexity index is 1310. The molecule has 2 heterocycles. The SMILES string of the molecule is CCCCn1c(N)c(N(CC(C)C)C(=O)COC(=O)c2ccc3ccccc3n2)c(=O)[nH]c1=O. The van der Waals surface area contributed by atoms with Crippen LogP contribution in [-0.2, 0) is 16.1 Å². The fourth-order valence-electron chi connectivity index (χ4n) is 3.52. The molecule has 2 aromatic heterocycles. The Morgan fingerprint density at radius 3 is 2.62 bits per heavy atom. The molecule has 0 bridgehead atoms. The molecule has 1 amide bonds. The maximum Gasteiger partial charge on any atom is 0.357 e. The second-order valence-electron chi connectivity index (χ2n) is 8.36. The van der Waals surface area contributed by atoms with E-state index in [4.69, 9.17) is 10.5 Å². The summed E-state index contributed by atoms with van der Waals surface area (Å²) in [5, 5.41) is 0.867. The first-order chi connectivity index (χ1) is 16.2. The van der Waals surface area contributed by atoms with Gasteiger partial charge in [0.1, 0.15) is 11.5 Å². The molecule has 0 aliphatic heterocycles. The number of H-pyrrole nitrogens is 1. The average Bonchev–Trinajstić information content (AvgIpc) is 2.80. The minimum Gasteiger partial charge on any atom is -0.451 e. The summed E-state index contributed by atoms with van der Waals surface area (Å²) >= 11 is 0. The molecular weight excluding hydrogens is 438 g/mol. The molecule has 0 atom stereocenters. The number of unbranched alkanes of at least 4 members (excludes halogenated alkanes) is 1. The molecule has 180 valence electrons. The zero-order chi connectivity index (χ0) is 24.8. The number of carbonyl (C=O) groups excluding carboxylic acids is 2. The molecule has 3 N–H and O–H groups in total. The summed E-state index contributed by atoms with van der Waals surface area (Å²) in [4.78, 5) is 58.2. The van der Waals surface area contributed by atoms with Crippen LogP contribution in [0.3, 0.4) is 0 Å². The van der Waals surface area contributed by atoms with Gasteiger partial charge in [0.25, 0.3) is 11.5 Å². The first kappa shape index (κ1) is 24.7. The number of ether oxygens (including phenoxy) is 1. The summed E-state index contributed by atoms with van der Waals surface area (Å²) in [5.74, 6) is -1.53. The highest BCUT2D eigenvalue weighted by atomic mass is 16.5. The van der Waals surface area contributed by atoms with Crippen molar-refractivity contribution in [2.45, 2.75) is 40.2 Å². The van der Waals surface area contributed by atoms with E-state index in [0.29, 0.717) is 18.5 Å². The van der Waals surface area contributed by atoms with Crippen molar-refractivity contribution in [2.75, 3.05) is 23.8 Å². The molecular formula is C24H29N5O5. The van der Waals surface area contributed by atoms with Crippen LogP contribution >= 0.6 is 0 Å². The molecule has 1 aromatic carbocycles. The predicted molar refractivity (Wildman–Crippen MR) is 130 cm³/mol. The summed E-state index contributed by atoms with van der Waals surface area (Å²) in [6.07, 6.45) is 1.48. The molecule has 3 rings (SSSR count). The quantitative estimate of drug-likeness (QED) is 0.460. The van der Waals surface area contributed by atoms with Crippen molar-refractivity contribution in [2.24, 2.45) is 5.92 Å². The number of fused-ring (bicyclic) bond motifs is 1. The molecule has 10 nitrogen and oxygen atoms in total. The number of aromatic nitrogens is 3. The number of esters is 1. The molecule has 0 spiro atoms. The lowest BCUT2D eigenvalue weighted by Gasteiger charge is -2.26. The van der Waals surface area contributed by atoms with E-state index in [0.717, 1.165) is 11.8 Å². The first-order valence-electron chi connectivity index (χ1n) is 11.2. The van der Waals surface area contributed by atoms with Gasteiger partial charge in [-0.05, 0) is 24.5 Å². The number of nitrogens with two attached hydrogens (primary N) is 1. The number of hydrogen-bond acceptors (Lipinski definition) is 7. The molecule has 3 aromatic rings. The minimum atomic E-state index is -0.772. The van der Waals surface area contributed by atoms with Crippen molar-refractivity contribution >= 4 is 34.3 Å². The highest BCUT2D eigenvalue weighted by Gasteiger charge is 2.26. The number of aromatic amines is 1. The van der Waals surface area contributed by atoms with Gasteiger partial charge in [-0.25, -0.2) is 14.6 Å². The van der Waals surface area contributed by atoms with Gasteiger partial charge in [-0.15, -0.1) is 0 Å². The largest absolute Gasteiger partial charge is 0.451 e. The zero-order valence-electron chi connectivity index (χ0n) is 19.5. The van der Waals surface area contributed by atoms with Crippen molar-refractivity contribution in [3.8, 4) is 0 Å². The van der Waals surface area contributed by atoms with E-state index in [1.165, 1.54) is 15.5 Å². The van der Waals surface area contributed by atoms with Crippen molar-refractivity contribution < 1.29 is 14.3 Å². The number of pyridine rings is 1. The van der Waals surface area contributed by atoms with E-state index in [1.807, 2.05) is 32.9 Å². The Hall–Kier alpha value is -3.95. The van der Waals surface area contributed by atoms with Gasteiger partial charge in [0.2, 0.25) is 0 Å². The van der Waals surface area contributed by atoms with Gasteiger partial charge in [0.15, 0.2) is 12.3 Å². The predicted octanol–water partition coefficient (Wildman–Crippen LogP) is 2.31. The fraction of sp³-hybridized carbons (Fsp3) is 0.375. The Morgan fingerprint density at radius 1 is 1.18 bits per heavy atom. The molecule has 0 saturated heterocycles. The molecule has 0 aliphatic rings. The van der Waals surface area contributed by atoms with Crippen LogP contribution in [0.1, 0.15) is 44.1 Å². The number of rotatable bonds is 9. The molecule has 0 fully saturated rings. The normalized spacial score (nSPS) is 11.1. The number of benzene rings is 1. The number of anilines is 2. The minimum absolute atomic E-state index is 0.0309. The van der Waals surface area contributed by atoms with Gasteiger partial charge in [-0.3, -0.25) is 19.1 Å². The Balaban J connectivity index is 1.85. The highest BCUT2D eigenvalue weighted by molar-refractivity contribution is 5.98. The summed E-state index contributed by atoms with van der Waals surface area (Å²) in [7, 11) is 0. The van der Waals surface area contributed by atoms with Gasteiger partial charge in [-0.2, -0.15) is 0 Å². The number of para-hydroxylation sites is 1. The smallest absolute Gasteiger partial charge is 0.357 e. The van der Waals surface area contributed by atoms with Crippen molar-refractivity contribution in [3.63, 3.8) is 0 Å². The Kier molecular flexibility index (Phi) is 7.83. The lowest BCUT2D eigenvalue weighted by atomic mass is 10.2. The summed E-state index contributed by atoms with van der Waals surface area (Å²) in [5.41, 5.74) is 5.32. The number of hydrogen-bond donors (Lipinski definition) is 2. The number of nitrogens with zero attached hydrogens (tertiary/aromatic N) is 3. The summed E-state index contributed by atoms with van der Waals surface area (Å²) < 4.78 is 6.45. The summed E-state index contributed by atoms with van der Waals surface area (Å²) in [6, 6.07) is 10.6. The van der Waals surface area contributed by atoms with Crippen LogP contribution in [0.5, 0.6) is 0 Å². The van der Waals surface area contributed by atoms with Crippen LogP contribution in [0.2, 0.25) is 0 Å². The molecule has 0 unspecified atom stereocenters. The van der Waals surface area contributed by atoms with Crippen LogP contribution < -0.4 is 21.9 Å². The zero-order valence-corrected chi connectivity index (χ0v) is 19.5. The van der Waals surface area contributed by atoms with Crippen LogP contribution in [0.4, 0.5) is 11.5 Å². The summed E-state index contributed by atoms with van der Waals surface area (Å²) in [6.45, 7) is 5.51. The van der Waals surface area contributed by atoms with Crippen LogP contribution in [0.25, 0.3) is 10.9 Å². The van der Waals surface area contributed by atoms with E-state index in [1.54, 1.807) is 18.2 Å². The lowest BCUT2D eigenvalue weighted by Crippen LogP contribution is -2.44. The van der Waals surface area contributed by atoms with E-state index in [-0.39, 0.29) is 29.7 Å². The molecule has 10 heteroatoms. The molecule has 34 heavy (non-hydrogen) atoms. The third kappa shape index (κ3) is 5.51. The Morgan fingerprint density at radius 2 is 1.91 bits per heavy atom. The van der Waals surface area contributed by atoms with E-state index >= 15 is 0 Å². The third-order valence-electron chi connectivity index (χ3n) is 5.20. The number of carbonyl (C=O) groups is 2. The van der Waals surface area contributed by atoms with E-state index in [2.05, 4.69) is 9.97 Å². The van der Waals surface area contributed by atoms with Gasteiger partial charge in [-0.1, -0.05) is 51.5 Å². The molecule has 0 aliphatic carbocycles. The molecule has 0 saturated carbocycles. The van der Waals surface area contributed by atoms with Crippen molar-refractivity contribution in [1.29, 1.82) is 0 Å². The molecule has 0 radical (unpaired) electrons. The second kappa shape index (κ2) is 10.8. The topological polar surface area (TPSA) is 140 Å². The van der Waals surface area contributed by atoms with Gasteiger partial charge >= 0.3 is 11.7 Å². The fourth-order valence-corrected chi connectivity index (χ4v) is 3.52. The van der Waals surface area contributed by atoms with Crippen LogP contribution in [-0.4, -0.2) is 39.6 Å². The third-order valence-corrected chi connectivity index (χ3v) is 5.20. The lowest BCUT2D eigenvalue weighted by molar-refractivity contribution is -0.121. The monoisotopic (exact) mass is 467 g/mol. The second-order valence-corrected chi connectivity index (χ2v) is 8.36. The van der Waals surface area contributed by atoms with E-state index in [9.17, 15) is 19.2 Å². The maximum absolute atomic E-state index is 13.1. The van der Waals surface area contributed by atoms with Crippen molar-refractivity contribution in [3.05, 3.63) is 62.9 Å². The van der Waals surface area contributed by atoms with Crippen LogP contribution in [0.15, 0.2) is 46.0 Å². The van der Waals surface area contributed by atoms with Gasteiger partial charge in [0.05, 0.1) is 5.52 Å². The maximum atomic E-state index is 13.1. The number of nitrogens with one attached hydrogen (secondary N) is 1. The average molecular weight is 468 g/mol. The van der Waals surface area contributed by atoms with Gasteiger partial charge < -0.3 is 15.4 Å². The van der Waals surface area contributed by atoms with Gasteiger partial charge in [0, 0.05) is 18.5 Å². The number of amides is 1. The van der Waals surface area contributed by atoms with E-state index < -0.39 is 29.7 Å². The number of nitrogen functional groups attached to an aromatic ring is 1. The van der Waals surface area contributed by atoms with Crippen molar-refractivity contribution in [1.82, 2.24) is 14.5 Å².